The van der Waals surface area contributed by atoms with Crippen LogP contribution in [0.3, 0.4) is 0 Å². The molecule has 1 unspecified atom stereocenters. The van der Waals surface area contributed by atoms with Crippen LogP contribution in [0.25, 0.3) is 11.0 Å². The molecule has 2 heterocycles. The zero-order chi connectivity index (χ0) is 17.3. The molecule has 0 radical (unpaired) electrons. The van der Waals surface area contributed by atoms with Crippen LogP contribution < -0.4 is 5.73 Å². The molecule has 132 valence electrons. The number of nitrogens with two attached hydrogens (primary N) is 1. The quantitative estimate of drug-likeness (QED) is 0.587. The zero-order valence-electron chi connectivity index (χ0n) is 15.0. The smallest absolute Gasteiger partial charge is 0.151 e. The van der Waals surface area contributed by atoms with Gasteiger partial charge in [0, 0.05) is 18.7 Å². The van der Waals surface area contributed by atoms with Gasteiger partial charge in [0.1, 0.15) is 17.1 Å². The van der Waals surface area contributed by atoms with E-state index in [9.17, 15) is 4.55 Å². The molecule has 1 aliphatic carbocycles. The predicted molar refractivity (Wildman–Crippen MR) is 101 cm³/mol. The van der Waals surface area contributed by atoms with Crippen molar-refractivity contribution >= 4 is 28.0 Å². The van der Waals surface area contributed by atoms with E-state index < -0.39 is 11.2 Å². The van der Waals surface area contributed by atoms with Gasteiger partial charge in [0.2, 0.25) is 0 Å². The SMILES string of the molecule is Cc1nc(N)c2nc(CC3CC3)n(CCCCC[S+](C)[O-])c2c1C. The van der Waals surface area contributed by atoms with Crippen LogP contribution in [0.5, 0.6) is 0 Å². The van der Waals surface area contributed by atoms with E-state index in [1.807, 2.05) is 6.92 Å². The van der Waals surface area contributed by atoms with E-state index in [1.165, 1.54) is 18.4 Å². The molecule has 1 fully saturated rings. The highest BCUT2D eigenvalue weighted by Crippen LogP contribution is 2.34. The first-order valence-corrected chi connectivity index (χ1v) is 10.6. The van der Waals surface area contributed by atoms with Crippen LogP contribution in [0.15, 0.2) is 0 Å². The normalized spacial score (nSPS) is 16.0. The number of nitrogen functional groups attached to an aromatic ring is 1. The average molecular weight is 349 g/mol. The van der Waals surface area contributed by atoms with Gasteiger partial charge in [-0.2, -0.15) is 0 Å². The van der Waals surface area contributed by atoms with Gasteiger partial charge in [-0.1, -0.05) is 11.2 Å². The van der Waals surface area contributed by atoms with Gasteiger partial charge in [-0.15, -0.1) is 0 Å². The number of rotatable bonds is 8. The Balaban J connectivity index is 1.84. The number of nitrogens with zero attached hydrogens (tertiary/aromatic N) is 3. The number of unbranched alkanes of at least 4 members (excludes halogenated alkanes) is 2. The Morgan fingerprint density at radius 3 is 2.62 bits per heavy atom. The van der Waals surface area contributed by atoms with Crippen molar-refractivity contribution in [3.8, 4) is 0 Å². The van der Waals surface area contributed by atoms with E-state index in [0.717, 1.165) is 66.5 Å². The molecule has 0 saturated heterocycles. The summed E-state index contributed by atoms with van der Waals surface area (Å²) in [5, 5.41) is 0. The van der Waals surface area contributed by atoms with Crippen molar-refractivity contribution in [3.63, 3.8) is 0 Å². The topological polar surface area (TPSA) is 79.8 Å². The molecule has 0 spiro atoms. The molecule has 1 aliphatic rings. The molecule has 6 heteroatoms. The lowest BCUT2D eigenvalue weighted by Crippen LogP contribution is -2.08. The Kier molecular flexibility index (Phi) is 5.35. The van der Waals surface area contributed by atoms with E-state index >= 15 is 0 Å². The molecule has 0 aromatic carbocycles. The van der Waals surface area contributed by atoms with Crippen molar-refractivity contribution in [2.24, 2.45) is 5.92 Å². The summed E-state index contributed by atoms with van der Waals surface area (Å²) in [6.07, 6.45) is 8.66. The second-order valence-electron chi connectivity index (χ2n) is 7.07. The summed E-state index contributed by atoms with van der Waals surface area (Å²) in [5.74, 6) is 3.30. The fourth-order valence-corrected chi connectivity index (χ4v) is 3.89. The molecule has 2 N–H and O–H groups in total. The maximum atomic E-state index is 11.2. The third-order valence-electron chi connectivity index (χ3n) is 4.96. The van der Waals surface area contributed by atoms with Crippen molar-refractivity contribution in [3.05, 3.63) is 17.1 Å². The van der Waals surface area contributed by atoms with Crippen molar-refractivity contribution in [1.82, 2.24) is 14.5 Å². The highest BCUT2D eigenvalue weighted by molar-refractivity contribution is 7.90. The monoisotopic (exact) mass is 348 g/mol. The van der Waals surface area contributed by atoms with Gasteiger partial charge in [0.05, 0.1) is 11.8 Å². The van der Waals surface area contributed by atoms with Gasteiger partial charge < -0.3 is 14.9 Å². The Bertz CT molecular complexity index is 722. The van der Waals surface area contributed by atoms with E-state index in [1.54, 1.807) is 6.26 Å². The van der Waals surface area contributed by atoms with Gasteiger partial charge in [-0.05, 0) is 57.4 Å². The van der Waals surface area contributed by atoms with Crippen LogP contribution in [0.1, 0.15) is 49.2 Å². The average Bonchev–Trinajstić information content (AvgIpc) is 3.25. The molecule has 24 heavy (non-hydrogen) atoms. The van der Waals surface area contributed by atoms with E-state index in [4.69, 9.17) is 10.7 Å². The van der Waals surface area contributed by atoms with Gasteiger partial charge in [-0.25, -0.2) is 9.97 Å². The van der Waals surface area contributed by atoms with E-state index in [0.29, 0.717) is 5.82 Å². The molecule has 2 aromatic heterocycles. The Morgan fingerprint density at radius 1 is 1.21 bits per heavy atom. The first-order chi connectivity index (χ1) is 11.5. The second-order valence-corrected chi connectivity index (χ2v) is 8.62. The fraction of sp³-hybridized carbons (Fsp3) is 0.667. The van der Waals surface area contributed by atoms with E-state index in [-0.39, 0.29) is 0 Å². The van der Waals surface area contributed by atoms with Crippen molar-refractivity contribution in [2.45, 2.75) is 58.9 Å². The first kappa shape index (κ1) is 17.5. The summed E-state index contributed by atoms with van der Waals surface area (Å²) < 4.78 is 13.6. The Hall–Kier alpha value is -1.27. The molecule has 1 saturated carbocycles. The molecule has 1 atom stereocenters. The maximum absolute atomic E-state index is 11.2. The molecular formula is C18H28N4OS. The Morgan fingerprint density at radius 2 is 1.96 bits per heavy atom. The molecule has 0 bridgehead atoms. The third-order valence-corrected chi connectivity index (χ3v) is 5.82. The third kappa shape index (κ3) is 3.86. The summed E-state index contributed by atoms with van der Waals surface area (Å²) >= 11 is -0.686. The number of pyridine rings is 1. The molecular weight excluding hydrogens is 320 g/mol. The number of fused-ring (bicyclic) bond motifs is 1. The number of hydrogen-bond acceptors (Lipinski definition) is 4. The zero-order valence-corrected chi connectivity index (χ0v) is 15.8. The molecule has 2 aromatic rings. The Labute approximate surface area is 147 Å². The number of aryl methyl sites for hydroxylation is 3. The summed E-state index contributed by atoms with van der Waals surface area (Å²) in [7, 11) is 0. The number of imidazole rings is 1. The lowest BCUT2D eigenvalue weighted by Gasteiger charge is -2.12. The van der Waals surface area contributed by atoms with Crippen molar-refractivity contribution in [2.75, 3.05) is 17.7 Å². The number of anilines is 1. The van der Waals surface area contributed by atoms with Crippen molar-refractivity contribution in [1.29, 1.82) is 0 Å². The molecule has 5 nitrogen and oxygen atoms in total. The minimum atomic E-state index is -0.686. The van der Waals surface area contributed by atoms with Crippen LogP contribution in [-0.4, -0.2) is 31.1 Å². The first-order valence-electron chi connectivity index (χ1n) is 8.89. The fourth-order valence-electron chi connectivity index (χ4n) is 3.28. The van der Waals surface area contributed by atoms with Crippen LogP contribution in [-0.2, 0) is 24.1 Å². The number of hydrogen-bond donors (Lipinski definition) is 1. The highest BCUT2D eigenvalue weighted by Gasteiger charge is 2.26. The van der Waals surface area contributed by atoms with Gasteiger partial charge in [-0.3, -0.25) is 0 Å². The summed E-state index contributed by atoms with van der Waals surface area (Å²) in [6.45, 7) is 5.08. The molecule has 0 amide bonds. The van der Waals surface area contributed by atoms with Gasteiger partial charge in [0.25, 0.3) is 0 Å². The van der Waals surface area contributed by atoms with Crippen LogP contribution in [0.4, 0.5) is 5.82 Å². The minimum absolute atomic E-state index is 0.547. The summed E-state index contributed by atoms with van der Waals surface area (Å²) in [6, 6.07) is 0. The lowest BCUT2D eigenvalue weighted by atomic mass is 10.2. The molecule has 3 rings (SSSR count). The van der Waals surface area contributed by atoms with Crippen LogP contribution in [0, 0.1) is 19.8 Å². The summed E-state index contributed by atoms with van der Waals surface area (Å²) in [5.41, 5.74) is 10.3. The predicted octanol–water partition coefficient (Wildman–Crippen LogP) is 3.13. The van der Waals surface area contributed by atoms with Crippen molar-refractivity contribution < 1.29 is 4.55 Å². The van der Waals surface area contributed by atoms with E-state index in [2.05, 4.69) is 16.5 Å². The second kappa shape index (κ2) is 7.31. The summed E-state index contributed by atoms with van der Waals surface area (Å²) in [4.78, 5) is 9.30. The molecule has 0 aliphatic heterocycles. The van der Waals surface area contributed by atoms with Gasteiger partial charge in [0.15, 0.2) is 5.82 Å². The minimum Gasteiger partial charge on any atom is -0.617 e. The van der Waals surface area contributed by atoms with Crippen LogP contribution in [0.2, 0.25) is 0 Å². The van der Waals surface area contributed by atoms with Crippen LogP contribution >= 0.6 is 0 Å². The maximum Gasteiger partial charge on any atom is 0.151 e. The standard InChI is InChI=1S/C18H28N4OS/c1-12-13(2)20-18(19)16-17(12)22(9-5-4-6-10-24(3)23)15(21-16)11-14-7-8-14/h14H,4-11H2,1-3H3,(H2,19,20). The lowest BCUT2D eigenvalue weighted by molar-refractivity contribution is 0.570. The highest BCUT2D eigenvalue weighted by atomic mass is 32.2. The number of aromatic nitrogens is 3. The van der Waals surface area contributed by atoms with Gasteiger partial charge >= 0.3 is 0 Å². The largest absolute Gasteiger partial charge is 0.617 e.